The monoisotopic (exact) mass is 331 g/mol. The minimum Gasteiger partial charge on any atom is -0.271 e. The number of halogens is 1. The molecule has 0 saturated heterocycles. The average Bonchev–Trinajstić information content (AvgIpc) is 2.89. The molecular weight excluding hydrogens is 318 g/mol. The van der Waals surface area contributed by atoms with Gasteiger partial charge in [0.1, 0.15) is 0 Å². The van der Waals surface area contributed by atoms with E-state index in [-0.39, 0.29) is 6.04 Å². The van der Waals surface area contributed by atoms with Gasteiger partial charge in [0.25, 0.3) is 0 Å². The molecule has 0 fully saturated rings. The number of pyridine rings is 2. The molecule has 0 aromatic carbocycles. The molecule has 3 rings (SSSR count). The van der Waals surface area contributed by atoms with E-state index in [0.29, 0.717) is 0 Å². The lowest BCUT2D eigenvalue weighted by Crippen LogP contribution is -2.29. The lowest BCUT2D eigenvalue weighted by molar-refractivity contribution is 0.554. The Kier molecular flexibility index (Phi) is 3.77. The van der Waals surface area contributed by atoms with Gasteiger partial charge in [-0.1, -0.05) is 6.07 Å². The number of hydrazine groups is 1. The molecule has 1 atom stereocenters. The molecule has 0 radical (unpaired) electrons. The molecule has 0 amide bonds. The molecule has 3 heterocycles. The zero-order valence-electron chi connectivity index (χ0n) is 10.7. The van der Waals surface area contributed by atoms with Crippen LogP contribution in [0.1, 0.15) is 17.2 Å². The Morgan fingerprint density at radius 3 is 3.00 bits per heavy atom. The van der Waals surface area contributed by atoms with Crippen LogP contribution < -0.4 is 11.3 Å². The fourth-order valence-corrected chi connectivity index (χ4v) is 2.70. The first-order valence-electron chi connectivity index (χ1n) is 6.26. The van der Waals surface area contributed by atoms with Gasteiger partial charge in [-0.05, 0) is 46.1 Å². The Labute approximate surface area is 124 Å². The molecule has 3 aromatic heterocycles. The lowest BCUT2D eigenvalue weighted by Gasteiger charge is -2.15. The molecule has 0 spiro atoms. The molecule has 1 unspecified atom stereocenters. The van der Waals surface area contributed by atoms with Gasteiger partial charge in [0, 0.05) is 28.6 Å². The van der Waals surface area contributed by atoms with Crippen LogP contribution in [0.25, 0.3) is 5.52 Å². The molecule has 20 heavy (non-hydrogen) atoms. The number of nitrogens with zero attached hydrogens (tertiary/aromatic N) is 3. The molecule has 0 bridgehead atoms. The van der Waals surface area contributed by atoms with E-state index in [1.807, 2.05) is 47.4 Å². The van der Waals surface area contributed by atoms with Crippen LogP contribution in [0.3, 0.4) is 0 Å². The Morgan fingerprint density at radius 2 is 2.20 bits per heavy atom. The second-order valence-electron chi connectivity index (χ2n) is 4.57. The fourth-order valence-electron chi connectivity index (χ4n) is 2.28. The van der Waals surface area contributed by atoms with Gasteiger partial charge in [-0.2, -0.15) is 5.10 Å². The molecule has 0 aliphatic heterocycles. The summed E-state index contributed by atoms with van der Waals surface area (Å²) in [6.45, 7) is 0. The Morgan fingerprint density at radius 1 is 1.30 bits per heavy atom. The van der Waals surface area contributed by atoms with Gasteiger partial charge < -0.3 is 0 Å². The van der Waals surface area contributed by atoms with E-state index in [4.69, 9.17) is 5.84 Å². The van der Waals surface area contributed by atoms with Crippen LogP contribution in [0, 0.1) is 0 Å². The van der Waals surface area contributed by atoms with E-state index >= 15 is 0 Å². The van der Waals surface area contributed by atoms with Gasteiger partial charge >= 0.3 is 0 Å². The van der Waals surface area contributed by atoms with E-state index in [0.717, 1.165) is 27.5 Å². The smallest absolute Gasteiger partial charge is 0.0710 e. The number of fused-ring (bicyclic) bond motifs is 1. The molecule has 0 aliphatic carbocycles. The zero-order chi connectivity index (χ0) is 13.9. The van der Waals surface area contributed by atoms with Crippen molar-refractivity contribution in [3.63, 3.8) is 0 Å². The van der Waals surface area contributed by atoms with E-state index < -0.39 is 0 Å². The Balaban J connectivity index is 1.93. The number of hydrogen-bond acceptors (Lipinski definition) is 4. The third-order valence-electron chi connectivity index (χ3n) is 3.23. The van der Waals surface area contributed by atoms with E-state index in [2.05, 4.69) is 31.4 Å². The van der Waals surface area contributed by atoms with E-state index in [1.165, 1.54) is 0 Å². The van der Waals surface area contributed by atoms with Crippen LogP contribution in [0.5, 0.6) is 0 Å². The highest BCUT2D eigenvalue weighted by Gasteiger charge is 2.15. The number of rotatable bonds is 4. The summed E-state index contributed by atoms with van der Waals surface area (Å²) >= 11 is 3.43. The van der Waals surface area contributed by atoms with Crippen molar-refractivity contribution in [2.45, 2.75) is 12.5 Å². The summed E-state index contributed by atoms with van der Waals surface area (Å²) in [7, 11) is 0. The van der Waals surface area contributed by atoms with Crippen LogP contribution in [-0.2, 0) is 6.42 Å². The number of hydrogen-bond donors (Lipinski definition) is 2. The quantitative estimate of drug-likeness (QED) is 0.568. The van der Waals surface area contributed by atoms with E-state index in [1.54, 1.807) is 6.20 Å². The minimum atomic E-state index is -0.00833. The van der Waals surface area contributed by atoms with Crippen molar-refractivity contribution in [2.75, 3.05) is 0 Å². The summed E-state index contributed by atoms with van der Waals surface area (Å²) in [5.74, 6) is 5.72. The van der Waals surface area contributed by atoms with Crippen molar-refractivity contribution in [2.24, 2.45) is 5.84 Å². The predicted molar refractivity (Wildman–Crippen MR) is 80.9 cm³/mol. The van der Waals surface area contributed by atoms with Crippen molar-refractivity contribution in [1.82, 2.24) is 20.0 Å². The maximum Gasteiger partial charge on any atom is 0.0710 e. The van der Waals surface area contributed by atoms with Crippen LogP contribution in [0.15, 0.2) is 53.5 Å². The first-order valence-corrected chi connectivity index (χ1v) is 7.05. The molecule has 5 nitrogen and oxygen atoms in total. The summed E-state index contributed by atoms with van der Waals surface area (Å²) in [6, 6.07) is 8.02. The first kappa shape index (κ1) is 13.2. The summed E-state index contributed by atoms with van der Waals surface area (Å²) < 4.78 is 2.81. The maximum absolute atomic E-state index is 5.72. The van der Waals surface area contributed by atoms with Crippen molar-refractivity contribution >= 4 is 21.4 Å². The minimum absolute atomic E-state index is 0.00833. The second-order valence-corrected chi connectivity index (χ2v) is 5.48. The summed E-state index contributed by atoms with van der Waals surface area (Å²) in [6.07, 6.45) is 8.14. The number of nitrogens with one attached hydrogen (secondary N) is 1. The highest BCUT2D eigenvalue weighted by Crippen LogP contribution is 2.23. The highest BCUT2D eigenvalue weighted by molar-refractivity contribution is 9.10. The normalized spacial score (nSPS) is 12.7. The third kappa shape index (κ3) is 2.58. The highest BCUT2D eigenvalue weighted by atomic mass is 79.9. The fraction of sp³-hybridized carbons (Fsp3) is 0.143. The molecule has 0 aliphatic rings. The van der Waals surface area contributed by atoms with Crippen molar-refractivity contribution in [3.05, 3.63) is 64.7 Å². The number of aromatic nitrogens is 3. The molecule has 0 saturated carbocycles. The van der Waals surface area contributed by atoms with Crippen molar-refractivity contribution in [3.8, 4) is 0 Å². The van der Waals surface area contributed by atoms with Crippen LogP contribution in [0.4, 0.5) is 0 Å². The summed E-state index contributed by atoms with van der Waals surface area (Å²) in [4.78, 5) is 4.18. The van der Waals surface area contributed by atoms with Crippen LogP contribution in [0.2, 0.25) is 0 Å². The first-order chi connectivity index (χ1) is 9.78. The average molecular weight is 332 g/mol. The van der Waals surface area contributed by atoms with Gasteiger partial charge in [-0.15, -0.1) is 0 Å². The predicted octanol–water partition coefficient (Wildman–Crippen LogP) is 2.24. The third-order valence-corrected chi connectivity index (χ3v) is 3.67. The number of nitrogens with two attached hydrogens (primary N) is 1. The topological polar surface area (TPSA) is 68.2 Å². The zero-order valence-corrected chi connectivity index (χ0v) is 12.3. The summed E-state index contributed by atoms with van der Waals surface area (Å²) in [5, 5.41) is 4.34. The van der Waals surface area contributed by atoms with E-state index in [9.17, 15) is 0 Å². The molecule has 3 aromatic rings. The second kappa shape index (κ2) is 5.70. The van der Waals surface area contributed by atoms with Gasteiger partial charge in [0.15, 0.2) is 0 Å². The molecule has 102 valence electrons. The SMILES string of the molecule is NNC(Cc1cncc(Br)c1)c1cnn2ccccc12. The Hall–Kier alpha value is -1.76. The largest absolute Gasteiger partial charge is 0.271 e. The molecular formula is C14H14BrN5. The van der Waals surface area contributed by atoms with Gasteiger partial charge in [0.05, 0.1) is 17.8 Å². The van der Waals surface area contributed by atoms with Crippen LogP contribution in [-0.4, -0.2) is 14.6 Å². The summed E-state index contributed by atoms with van der Waals surface area (Å²) in [5.41, 5.74) is 6.11. The molecule has 6 heteroatoms. The lowest BCUT2D eigenvalue weighted by atomic mass is 10.0. The van der Waals surface area contributed by atoms with Gasteiger partial charge in [0.2, 0.25) is 0 Å². The van der Waals surface area contributed by atoms with Crippen molar-refractivity contribution in [1.29, 1.82) is 0 Å². The molecule has 3 N–H and O–H groups in total. The van der Waals surface area contributed by atoms with Crippen LogP contribution >= 0.6 is 15.9 Å². The maximum atomic E-state index is 5.72. The van der Waals surface area contributed by atoms with Crippen molar-refractivity contribution < 1.29 is 0 Å². The Bertz CT molecular complexity index is 724. The standard InChI is InChI=1S/C14H14BrN5/c15-11-5-10(7-17-8-11)6-13(19-16)12-9-18-20-4-2-1-3-14(12)20/h1-5,7-9,13,19H,6,16H2. The van der Waals surface area contributed by atoms with Gasteiger partial charge in [-0.25, -0.2) is 4.52 Å². The van der Waals surface area contributed by atoms with Gasteiger partial charge in [-0.3, -0.25) is 16.3 Å².